The number of piperazine rings is 1. The molecule has 2 amide bonds. The molecule has 2 aromatic carbocycles. The van der Waals surface area contributed by atoms with Crippen molar-refractivity contribution in [2.75, 3.05) is 50.8 Å². The number of amides is 2. The molecule has 2 fully saturated rings. The zero-order chi connectivity index (χ0) is 28.8. The van der Waals surface area contributed by atoms with Gasteiger partial charge in [-0.05, 0) is 48.1 Å². The molecule has 2 atom stereocenters. The summed E-state index contributed by atoms with van der Waals surface area (Å²) in [6.07, 6.45) is 2.27. The third-order valence-electron chi connectivity index (χ3n) is 7.71. The molecule has 2 aliphatic heterocycles. The largest absolute Gasteiger partial charge is 0.395 e. The number of likely N-dealkylation sites (tertiary alicyclic amines) is 1. The highest BCUT2D eigenvalue weighted by Gasteiger charge is 2.37. The monoisotopic (exact) mass is 592 g/mol. The fourth-order valence-corrected chi connectivity index (χ4v) is 6.25. The van der Waals surface area contributed by atoms with E-state index in [1.54, 1.807) is 28.0 Å². The molecular formula is C30H39Cl2FN4O3. The molecule has 0 saturated carbocycles. The third kappa shape index (κ3) is 7.27. The van der Waals surface area contributed by atoms with Crippen molar-refractivity contribution in [2.24, 2.45) is 5.92 Å². The van der Waals surface area contributed by atoms with Crippen LogP contribution in [0.5, 0.6) is 0 Å². The SMILES string of the molecule is CC(C)C[C@H](NCCO)c1cccc(F)c1N1CCN(C(=O)[C@@H](Cc2ccc(Cl)cc2Cl)N2CCCC2=O)CC1. The predicted molar refractivity (Wildman–Crippen MR) is 157 cm³/mol. The summed E-state index contributed by atoms with van der Waals surface area (Å²) < 4.78 is 15.3. The van der Waals surface area contributed by atoms with E-state index < -0.39 is 6.04 Å². The van der Waals surface area contributed by atoms with E-state index in [0.717, 1.165) is 24.0 Å². The Kier molecular flexibility index (Phi) is 10.7. The van der Waals surface area contributed by atoms with E-state index in [4.69, 9.17) is 23.2 Å². The summed E-state index contributed by atoms with van der Waals surface area (Å²) in [5.41, 5.74) is 2.18. The highest BCUT2D eigenvalue weighted by atomic mass is 35.5. The zero-order valence-corrected chi connectivity index (χ0v) is 24.7. The van der Waals surface area contributed by atoms with Crippen LogP contribution in [0.1, 0.15) is 50.3 Å². The quantitative estimate of drug-likeness (QED) is 0.396. The van der Waals surface area contributed by atoms with Crippen LogP contribution >= 0.6 is 23.2 Å². The lowest BCUT2D eigenvalue weighted by Gasteiger charge is -2.40. The lowest BCUT2D eigenvalue weighted by Crippen LogP contribution is -2.56. The van der Waals surface area contributed by atoms with Gasteiger partial charge in [-0.15, -0.1) is 0 Å². The number of hydrogen-bond acceptors (Lipinski definition) is 5. The number of nitrogens with one attached hydrogen (secondary N) is 1. The molecule has 2 heterocycles. The molecule has 218 valence electrons. The van der Waals surface area contributed by atoms with Crippen LogP contribution in [-0.4, -0.2) is 78.6 Å². The van der Waals surface area contributed by atoms with Gasteiger partial charge in [-0.3, -0.25) is 9.59 Å². The first-order valence-corrected chi connectivity index (χ1v) is 14.8. The minimum absolute atomic E-state index is 0.00193. The number of benzene rings is 2. The summed E-state index contributed by atoms with van der Waals surface area (Å²) in [6, 6.07) is 9.58. The molecule has 10 heteroatoms. The summed E-state index contributed by atoms with van der Waals surface area (Å²) in [5.74, 6) is -0.0579. The smallest absolute Gasteiger partial charge is 0.245 e. The van der Waals surface area contributed by atoms with Crippen LogP contribution in [0.3, 0.4) is 0 Å². The number of hydrogen-bond donors (Lipinski definition) is 2. The van der Waals surface area contributed by atoms with Crippen LogP contribution in [0.4, 0.5) is 10.1 Å². The number of rotatable bonds is 11. The number of aliphatic hydroxyl groups is 1. The number of nitrogens with zero attached hydrogens (tertiary/aromatic N) is 3. The Morgan fingerprint density at radius 2 is 1.85 bits per heavy atom. The van der Waals surface area contributed by atoms with Gasteiger partial charge in [0.25, 0.3) is 0 Å². The lowest BCUT2D eigenvalue weighted by molar-refractivity contribution is -0.143. The van der Waals surface area contributed by atoms with Crippen LogP contribution < -0.4 is 10.2 Å². The van der Waals surface area contributed by atoms with E-state index in [0.29, 0.717) is 73.8 Å². The first-order valence-electron chi connectivity index (χ1n) is 14.1. The molecule has 0 spiro atoms. The van der Waals surface area contributed by atoms with Gasteiger partial charge in [0.2, 0.25) is 11.8 Å². The number of carbonyl (C=O) groups is 2. The first kappa shape index (κ1) is 30.6. The van der Waals surface area contributed by atoms with Crippen molar-refractivity contribution in [2.45, 2.75) is 51.6 Å². The second-order valence-electron chi connectivity index (χ2n) is 11.0. The standard InChI is InChI=1S/C30H39Cl2FN4O3/c1-20(2)17-26(34-10-16-38)23-5-3-6-25(33)29(23)35-12-14-36(15-13-35)30(40)27(37-11-4-7-28(37)39)18-21-8-9-22(31)19-24(21)32/h3,5-6,8-9,19-20,26-27,34,38H,4,7,10-18H2,1-2H3/t26-,27+/m0/s1. The average Bonchev–Trinajstić information content (AvgIpc) is 3.35. The molecule has 0 aliphatic carbocycles. The average molecular weight is 594 g/mol. The molecule has 4 rings (SSSR count). The maximum absolute atomic E-state index is 15.3. The Bertz CT molecular complexity index is 1190. The van der Waals surface area contributed by atoms with E-state index in [1.165, 1.54) is 6.07 Å². The van der Waals surface area contributed by atoms with Crippen molar-refractivity contribution in [3.63, 3.8) is 0 Å². The molecule has 0 bridgehead atoms. The van der Waals surface area contributed by atoms with Crippen LogP contribution in [0.15, 0.2) is 36.4 Å². The van der Waals surface area contributed by atoms with Gasteiger partial charge in [0, 0.05) is 68.2 Å². The highest BCUT2D eigenvalue weighted by molar-refractivity contribution is 6.35. The van der Waals surface area contributed by atoms with Crippen molar-refractivity contribution in [1.29, 1.82) is 0 Å². The number of halogens is 3. The van der Waals surface area contributed by atoms with Crippen molar-refractivity contribution in [3.05, 3.63) is 63.4 Å². The van der Waals surface area contributed by atoms with Gasteiger partial charge in [-0.2, -0.15) is 0 Å². The van der Waals surface area contributed by atoms with E-state index in [-0.39, 0.29) is 30.3 Å². The molecule has 2 saturated heterocycles. The Labute approximate surface area is 246 Å². The Hall–Kier alpha value is -2.39. The number of para-hydroxylation sites is 1. The van der Waals surface area contributed by atoms with Gasteiger partial charge >= 0.3 is 0 Å². The van der Waals surface area contributed by atoms with Gasteiger partial charge in [0.15, 0.2) is 0 Å². The van der Waals surface area contributed by atoms with Crippen LogP contribution in [0, 0.1) is 11.7 Å². The van der Waals surface area contributed by atoms with E-state index in [9.17, 15) is 14.7 Å². The summed E-state index contributed by atoms with van der Waals surface area (Å²) in [6.45, 7) is 6.97. The van der Waals surface area contributed by atoms with Crippen molar-refractivity contribution in [1.82, 2.24) is 15.1 Å². The zero-order valence-electron chi connectivity index (χ0n) is 23.2. The number of anilines is 1. The first-order chi connectivity index (χ1) is 19.2. The summed E-state index contributed by atoms with van der Waals surface area (Å²) >= 11 is 12.5. The molecule has 2 aromatic rings. The maximum Gasteiger partial charge on any atom is 0.245 e. The summed E-state index contributed by atoms with van der Waals surface area (Å²) in [7, 11) is 0. The molecule has 0 aromatic heterocycles. The van der Waals surface area contributed by atoms with Gasteiger partial charge in [0.1, 0.15) is 11.9 Å². The molecular weight excluding hydrogens is 554 g/mol. The fourth-order valence-electron chi connectivity index (χ4n) is 5.76. The molecule has 2 N–H and O–H groups in total. The van der Waals surface area contributed by atoms with E-state index >= 15 is 4.39 Å². The molecule has 2 aliphatic rings. The van der Waals surface area contributed by atoms with Crippen LogP contribution in [-0.2, 0) is 16.0 Å². The van der Waals surface area contributed by atoms with E-state index in [1.807, 2.05) is 17.0 Å². The lowest BCUT2D eigenvalue weighted by atomic mass is 9.94. The fraction of sp³-hybridized carbons (Fsp3) is 0.533. The third-order valence-corrected chi connectivity index (χ3v) is 8.30. The molecule has 0 unspecified atom stereocenters. The minimum Gasteiger partial charge on any atom is -0.395 e. The summed E-state index contributed by atoms with van der Waals surface area (Å²) in [4.78, 5) is 32.0. The Morgan fingerprint density at radius 3 is 2.48 bits per heavy atom. The maximum atomic E-state index is 15.3. The van der Waals surface area contributed by atoms with Crippen LogP contribution in [0.2, 0.25) is 10.0 Å². The molecule has 7 nitrogen and oxygen atoms in total. The van der Waals surface area contributed by atoms with Crippen LogP contribution in [0.25, 0.3) is 0 Å². The molecule has 40 heavy (non-hydrogen) atoms. The highest BCUT2D eigenvalue weighted by Crippen LogP contribution is 2.34. The van der Waals surface area contributed by atoms with E-state index in [2.05, 4.69) is 19.2 Å². The van der Waals surface area contributed by atoms with Crippen molar-refractivity contribution >= 4 is 40.7 Å². The summed E-state index contributed by atoms with van der Waals surface area (Å²) in [5, 5.41) is 13.7. The van der Waals surface area contributed by atoms with Gasteiger partial charge in [-0.25, -0.2) is 4.39 Å². The number of carbonyl (C=O) groups excluding carboxylic acids is 2. The Balaban J connectivity index is 1.52. The van der Waals surface area contributed by atoms with Gasteiger partial charge in [0.05, 0.1) is 12.3 Å². The minimum atomic E-state index is -0.651. The van der Waals surface area contributed by atoms with Gasteiger partial charge in [-0.1, -0.05) is 55.2 Å². The van der Waals surface area contributed by atoms with Crippen molar-refractivity contribution < 1.29 is 19.1 Å². The van der Waals surface area contributed by atoms with Gasteiger partial charge < -0.3 is 25.1 Å². The molecule has 0 radical (unpaired) electrons. The Morgan fingerprint density at radius 1 is 1.10 bits per heavy atom. The number of aliphatic hydroxyl groups excluding tert-OH is 1. The topological polar surface area (TPSA) is 76.1 Å². The second-order valence-corrected chi connectivity index (χ2v) is 11.8. The van der Waals surface area contributed by atoms with Crippen molar-refractivity contribution in [3.8, 4) is 0 Å². The normalized spacial score (nSPS) is 17.6. The predicted octanol–water partition coefficient (Wildman–Crippen LogP) is 4.68. The second kappa shape index (κ2) is 14.0.